The van der Waals surface area contributed by atoms with Crippen LogP contribution in [0.2, 0.25) is 0 Å². The highest BCUT2D eigenvalue weighted by molar-refractivity contribution is 5.79. The van der Waals surface area contributed by atoms with Gasteiger partial charge in [-0.05, 0) is 23.8 Å². The minimum atomic E-state index is -0.778. The second-order valence-electron chi connectivity index (χ2n) is 4.64. The number of aliphatic imine (C=N–C) groups is 1. The summed E-state index contributed by atoms with van der Waals surface area (Å²) in [6.07, 6.45) is 0. The van der Waals surface area contributed by atoms with Gasteiger partial charge in [0.1, 0.15) is 12.4 Å². The van der Waals surface area contributed by atoms with Gasteiger partial charge < -0.3 is 16.2 Å². The molecule has 0 aliphatic carbocycles. The molecule has 0 heterocycles. The van der Waals surface area contributed by atoms with E-state index in [0.29, 0.717) is 18.0 Å². The maximum absolute atomic E-state index is 10.3. The van der Waals surface area contributed by atoms with Crippen LogP contribution in [0.15, 0.2) is 53.5 Å². The van der Waals surface area contributed by atoms with Crippen LogP contribution in [0, 0.1) is 10.1 Å². The molecule has 2 aromatic rings. The predicted molar refractivity (Wildman–Crippen MR) is 86.5 cm³/mol. The predicted octanol–water partition coefficient (Wildman–Crippen LogP) is 1.45. The van der Waals surface area contributed by atoms with Gasteiger partial charge in [0.2, 0.25) is 0 Å². The van der Waals surface area contributed by atoms with Gasteiger partial charge in [-0.3, -0.25) is 0 Å². The van der Waals surface area contributed by atoms with E-state index in [0.717, 1.165) is 11.1 Å². The number of nitrogens with zero attached hydrogens (tertiary/aromatic N) is 2. The Bertz CT molecular complexity index is 704. The highest BCUT2D eigenvalue weighted by atomic mass is 16.7. The average Bonchev–Trinajstić information content (AvgIpc) is 2.53. The van der Waals surface area contributed by atoms with Crippen LogP contribution in [-0.4, -0.2) is 11.0 Å². The Morgan fingerprint density at radius 3 is 2.65 bits per heavy atom. The first kappa shape index (κ1) is 16.2. The summed E-state index contributed by atoms with van der Waals surface area (Å²) in [5.41, 5.74) is 15.1. The summed E-state index contributed by atoms with van der Waals surface area (Å²) in [6, 6.07) is 14.8. The van der Waals surface area contributed by atoms with Crippen molar-refractivity contribution >= 4 is 11.6 Å². The Morgan fingerprint density at radius 2 is 2.00 bits per heavy atom. The fourth-order valence-corrected chi connectivity index (χ4v) is 1.93. The Morgan fingerprint density at radius 1 is 1.26 bits per heavy atom. The normalized spacial score (nSPS) is 11.1. The summed E-state index contributed by atoms with van der Waals surface area (Å²) in [6.45, 7) is 0.664. The molecule has 0 aliphatic heterocycles. The zero-order valence-corrected chi connectivity index (χ0v) is 12.3. The molecule has 0 bridgehead atoms. The SMILES string of the molecule is NCc1cc(N=C(N)N[N+](=O)[O-])ccc1OCc1ccccc1. The van der Waals surface area contributed by atoms with E-state index in [9.17, 15) is 10.1 Å². The Balaban J connectivity index is 2.11. The van der Waals surface area contributed by atoms with Crippen molar-refractivity contribution in [2.24, 2.45) is 16.5 Å². The lowest BCUT2D eigenvalue weighted by atomic mass is 10.1. The summed E-state index contributed by atoms with van der Waals surface area (Å²) in [5, 5.41) is 9.51. The van der Waals surface area contributed by atoms with Crippen molar-refractivity contribution in [1.82, 2.24) is 5.43 Å². The molecule has 5 N–H and O–H groups in total. The number of hydrazine groups is 1. The third-order valence-electron chi connectivity index (χ3n) is 2.96. The lowest BCUT2D eigenvalue weighted by Crippen LogP contribution is -2.35. The number of hydrogen-bond donors (Lipinski definition) is 3. The van der Waals surface area contributed by atoms with Crippen molar-refractivity contribution in [1.29, 1.82) is 0 Å². The molecule has 0 aliphatic rings. The number of nitrogens with two attached hydrogens (primary N) is 2. The molecule has 0 saturated carbocycles. The molecule has 0 fully saturated rings. The lowest BCUT2D eigenvalue weighted by molar-refractivity contribution is -0.525. The number of nitro groups is 1. The number of hydrogen-bond acceptors (Lipinski definition) is 5. The molecule has 2 rings (SSSR count). The molecule has 0 radical (unpaired) electrons. The van der Waals surface area contributed by atoms with E-state index in [1.165, 1.54) is 0 Å². The third kappa shape index (κ3) is 4.97. The van der Waals surface area contributed by atoms with Gasteiger partial charge in [-0.1, -0.05) is 35.8 Å². The standard InChI is InChI=1S/C15H17N5O3/c16-9-12-8-13(18-15(17)19-20(21)22)6-7-14(12)23-10-11-4-2-1-3-5-11/h1-8H,9-10,16H2,(H3,17,18,19). The molecule has 2 aromatic carbocycles. The average molecular weight is 315 g/mol. The molecule has 0 amide bonds. The molecule has 0 saturated heterocycles. The lowest BCUT2D eigenvalue weighted by Gasteiger charge is -2.11. The molecule has 0 aromatic heterocycles. The van der Waals surface area contributed by atoms with Crippen LogP contribution >= 0.6 is 0 Å². The Labute approximate surface area is 132 Å². The minimum Gasteiger partial charge on any atom is -0.489 e. The van der Waals surface area contributed by atoms with E-state index in [1.54, 1.807) is 23.6 Å². The highest BCUT2D eigenvalue weighted by Gasteiger charge is 2.06. The maximum Gasteiger partial charge on any atom is 0.256 e. The second kappa shape index (κ2) is 7.76. The molecule has 8 nitrogen and oxygen atoms in total. The molecule has 8 heteroatoms. The topological polar surface area (TPSA) is 129 Å². The molecular weight excluding hydrogens is 298 g/mol. The molecule has 0 spiro atoms. The van der Waals surface area contributed by atoms with Crippen molar-refractivity contribution < 1.29 is 9.77 Å². The van der Waals surface area contributed by atoms with Crippen molar-refractivity contribution in [3.05, 3.63) is 69.8 Å². The quantitative estimate of drug-likeness (QED) is 0.320. The van der Waals surface area contributed by atoms with Gasteiger partial charge in [-0.2, -0.15) is 0 Å². The van der Waals surface area contributed by atoms with Crippen LogP contribution < -0.4 is 21.6 Å². The van der Waals surface area contributed by atoms with Gasteiger partial charge in [-0.15, -0.1) is 0 Å². The van der Waals surface area contributed by atoms with Gasteiger partial charge in [-0.25, -0.2) is 15.1 Å². The molecule has 120 valence electrons. The van der Waals surface area contributed by atoms with Crippen LogP contribution in [0.25, 0.3) is 0 Å². The number of ether oxygens (including phenoxy) is 1. The van der Waals surface area contributed by atoms with Crippen LogP contribution in [-0.2, 0) is 13.2 Å². The van der Waals surface area contributed by atoms with E-state index in [-0.39, 0.29) is 12.5 Å². The Kier molecular flexibility index (Phi) is 5.48. The summed E-state index contributed by atoms with van der Waals surface area (Å²) in [7, 11) is 0. The molecule has 0 unspecified atom stereocenters. The minimum absolute atomic E-state index is 0.246. The van der Waals surface area contributed by atoms with Crippen molar-refractivity contribution in [2.45, 2.75) is 13.2 Å². The van der Waals surface area contributed by atoms with Crippen LogP contribution in [0.3, 0.4) is 0 Å². The second-order valence-corrected chi connectivity index (χ2v) is 4.64. The number of rotatable bonds is 6. The van der Waals surface area contributed by atoms with Gasteiger partial charge in [0.15, 0.2) is 5.03 Å². The van der Waals surface area contributed by atoms with Gasteiger partial charge >= 0.3 is 0 Å². The first-order valence-corrected chi connectivity index (χ1v) is 6.83. The van der Waals surface area contributed by atoms with E-state index in [1.807, 2.05) is 30.3 Å². The molecule has 23 heavy (non-hydrogen) atoms. The van der Waals surface area contributed by atoms with Gasteiger partial charge in [0, 0.05) is 12.1 Å². The highest BCUT2D eigenvalue weighted by Crippen LogP contribution is 2.25. The largest absolute Gasteiger partial charge is 0.489 e. The fraction of sp³-hybridized carbons (Fsp3) is 0.133. The summed E-state index contributed by atoms with van der Waals surface area (Å²) in [4.78, 5) is 14.2. The third-order valence-corrected chi connectivity index (χ3v) is 2.96. The summed E-state index contributed by atoms with van der Waals surface area (Å²) >= 11 is 0. The molecule has 0 atom stereocenters. The van der Waals surface area contributed by atoms with Gasteiger partial charge in [0.05, 0.1) is 5.69 Å². The monoisotopic (exact) mass is 315 g/mol. The molecular formula is C15H17N5O3. The fourth-order valence-electron chi connectivity index (χ4n) is 1.93. The van der Waals surface area contributed by atoms with E-state index in [2.05, 4.69) is 4.99 Å². The van der Waals surface area contributed by atoms with Crippen molar-refractivity contribution in [2.75, 3.05) is 0 Å². The summed E-state index contributed by atoms with van der Waals surface area (Å²) in [5.74, 6) is 0.326. The van der Waals surface area contributed by atoms with Crippen LogP contribution in [0.1, 0.15) is 11.1 Å². The van der Waals surface area contributed by atoms with Crippen LogP contribution in [0.5, 0.6) is 5.75 Å². The van der Waals surface area contributed by atoms with E-state index in [4.69, 9.17) is 16.2 Å². The Hall–Kier alpha value is -3.13. The zero-order chi connectivity index (χ0) is 16.7. The van der Waals surface area contributed by atoms with Crippen molar-refractivity contribution in [3.8, 4) is 5.75 Å². The van der Waals surface area contributed by atoms with E-state index < -0.39 is 5.03 Å². The number of nitrogens with one attached hydrogen (secondary N) is 1. The number of benzene rings is 2. The number of guanidine groups is 1. The first-order chi connectivity index (χ1) is 11.1. The summed E-state index contributed by atoms with van der Waals surface area (Å²) < 4.78 is 5.76. The van der Waals surface area contributed by atoms with E-state index >= 15 is 0 Å². The smallest absolute Gasteiger partial charge is 0.256 e. The first-order valence-electron chi connectivity index (χ1n) is 6.83. The zero-order valence-electron chi connectivity index (χ0n) is 12.3. The van der Waals surface area contributed by atoms with Gasteiger partial charge in [0.25, 0.3) is 5.96 Å². The van der Waals surface area contributed by atoms with Crippen LogP contribution in [0.4, 0.5) is 5.69 Å². The van der Waals surface area contributed by atoms with Crippen molar-refractivity contribution in [3.63, 3.8) is 0 Å². The maximum atomic E-state index is 10.3.